The summed E-state index contributed by atoms with van der Waals surface area (Å²) >= 11 is 12.4. The van der Waals surface area contributed by atoms with E-state index in [9.17, 15) is 14.0 Å². The van der Waals surface area contributed by atoms with Gasteiger partial charge in [0.15, 0.2) is 5.82 Å². The molecule has 1 aromatic heterocycles. The summed E-state index contributed by atoms with van der Waals surface area (Å²) in [6.07, 6.45) is 1.80. The van der Waals surface area contributed by atoms with Gasteiger partial charge in [-0.15, -0.1) is 0 Å². The number of urea groups is 1. The van der Waals surface area contributed by atoms with Crippen molar-refractivity contribution in [3.05, 3.63) is 63.5 Å². The molecule has 5 rings (SSSR count). The zero-order chi connectivity index (χ0) is 27.2. The van der Waals surface area contributed by atoms with Gasteiger partial charge in [0.1, 0.15) is 11.9 Å². The number of nitrogens with zero attached hydrogens (tertiary/aromatic N) is 3. The maximum absolute atomic E-state index is 14.0. The fraction of sp³-hybridized carbons (Fsp3) is 0.308. The highest BCUT2D eigenvalue weighted by Crippen LogP contribution is 2.46. The molecule has 1 fully saturated rings. The number of rotatable bonds is 4. The monoisotopic (exact) mass is 558 g/mol. The fourth-order valence-corrected chi connectivity index (χ4v) is 5.76. The van der Waals surface area contributed by atoms with E-state index in [0.717, 1.165) is 5.56 Å². The molecule has 4 N–H and O–H groups in total. The molecule has 12 heteroatoms. The van der Waals surface area contributed by atoms with Crippen molar-refractivity contribution in [1.29, 1.82) is 0 Å². The minimum atomic E-state index is -0.766. The second-order valence-electron chi connectivity index (χ2n) is 9.30. The van der Waals surface area contributed by atoms with Crippen molar-refractivity contribution in [3.8, 4) is 17.1 Å². The third-order valence-electron chi connectivity index (χ3n) is 7.17. The molecular formula is C26H25Cl2FN6O3. The number of nitrogen functional groups attached to an aromatic ring is 1. The lowest BCUT2D eigenvalue weighted by Crippen LogP contribution is -2.50. The van der Waals surface area contributed by atoms with E-state index in [1.807, 2.05) is 18.2 Å². The Bertz CT molecular complexity index is 1440. The summed E-state index contributed by atoms with van der Waals surface area (Å²) in [5.41, 5.74) is 8.34. The van der Waals surface area contributed by atoms with Crippen LogP contribution in [0.25, 0.3) is 11.3 Å². The number of halogens is 3. The van der Waals surface area contributed by atoms with Crippen LogP contribution in [-0.4, -0.2) is 46.9 Å². The zero-order valence-electron chi connectivity index (χ0n) is 20.6. The summed E-state index contributed by atoms with van der Waals surface area (Å²) < 4.78 is 19.9. The van der Waals surface area contributed by atoms with Crippen LogP contribution in [0.4, 0.5) is 20.7 Å². The number of carbonyl (C=O) groups excluding carboxylic acids is 2. The van der Waals surface area contributed by atoms with Crippen molar-refractivity contribution >= 4 is 46.6 Å². The molecule has 2 aromatic carbocycles. The molecule has 38 heavy (non-hydrogen) atoms. The first-order valence-electron chi connectivity index (χ1n) is 12.0. The predicted molar refractivity (Wildman–Crippen MR) is 143 cm³/mol. The Hall–Kier alpha value is -3.63. The first-order chi connectivity index (χ1) is 18.1. The summed E-state index contributed by atoms with van der Waals surface area (Å²) in [4.78, 5) is 35.5. The molecule has 0 aliphatic carbocycles. The largest absolute Gasteiger partial charge is 0.467 e. The summed E-state index contributed by atoms with van der Waals surface area (Å²) in [7, 11) is 1.59. The Morgan fingerprint density at radius 2 is 2.00 bits per heavy atom. The predicted octanol–water partition coefficient (Wildman–Crippen LogP) is 4.94. The molecule has 198 valence electrons. The van der Waals surface area contributed by atoms with E-state index in [2.05, 4.69) is 20.6 Å². The van der Waals surface area contributed by atoms with Crippen LogP contribution in [0.1, 0.15) is 37.0 Å². The molecule has 3 amide bonds. The number of fused-ring (bicyclic) bond motifs is 2. The van der Waals surface area contributed by atoms with E-state index in [4.69, 9.17) is 33.7 Å². The summed E-state index contributed by atoms with van der Waals surface area (Å²) in [6.45, 7) is 2.62. The van der Waals surface area contributed by atoms with Gasteiger partial charge in [-0.25, -0.2) is 19.2 Å². The van der Waals surface area contributed by atoms with Crippen LogP contribution >= 0.6 is 23.2 Å². The van der Waals surface area contributed by atoms with Crippen LogP contribution in [0.2, 0.25) is 10.0 Å². The highest BCUT2D eigenvalue weighted by molar-refractivity contribution is 6.36. The molecule has 2 aliphatic heterocycles. The maximum Gasteiger partial charge on any atom is 0.317 e. The maximum atomic E-state index is 14.0. The third kappa shape index (κ3) is 4.37. The van der Waals surface area contributed by atoms with Crippen LogP contribution in [-0.2, 0) is 10.2 Å². The Kier molecular flexibility index (Phi) is 6.79. The van der Waals surface area contributed by atoms with Gasteiger partial charge in [-0.05, 0) is 43.5 Å². The molecule has 0 unspecified atom stereocenters. The highest BCUT2D eigenvalue weighted by Gasteiger charge is 2.49. The van der Waals surface area contributed by atoms with Gasteiger partial charge in [0.2, 0.25) is 5.91 Å². The Balaban J connectivity index is 1.41. The number of nitrogens with one attached hydrogen (secondary N) is 2. The van der Waals surface area contributed by atoms with Crippen molar-refractivity contribution in [3.63, 3.8) is 0 Å². The van der Waals surface area contributed by atoms with Crippen molar-refractivity contribution in [2.75, 3.05) is 31.2 Å². The van der Waals surface area contributed by atoms with E-state index in [1.54, 1.807) is 18.9 Å². The summed E-state index contributed by atoms with van der Waals surface area (Å²) in [6, 6.07) is 8.03. The smallest absolute Gasteiger partial charge is 0.317 e. The number of hydrogen-bond donors (Lipinski definition) is 3. The Morgan fingerprint density at radius 3 is 2.71 bits per heavy atom. The molecule has 3 aromatic rings. The van der Waals surface area contributed by atoms with Crippen LogP contribution in [0.3, 0.4) is 0 Å². The van der Waals surface area contributed by atoms with Gasteiger partial charge >= 0.3 is 6.03 Å². The van der Waals surface area contributed by atoms with Gasteiger partial charge in [-0.2, -0.15) is 0 Å². The molecule has 0 bridgehead atoms. The lowest BCUT2D eigenvalue weighted by atomic mass is 9.73. The second-order valence-corrected chi connectivity index (χ2v) is 10.1. The number of ether oxygens (including phenoxy) is 1. The van der Waals surface area contributed by atoms with Gasteiger partial charge in [-0.1, -0.05) is 35.3 Å². The molecule has 2 aliphatic rings. The van der Waals surface area contributed by atoms with Gasteiger partial charge in [0.25, 0.3) is 5.88 Å². The van der Waals surface area contributed by atoms with Crippen LogP contribution < -0.4 is 21.1 Å². The van der Waals surface area contributed by atoms with Crippen molar-refractivity contribution in [2.45, 2.75) is 31.3 Å². The number of carbonyl (C=O) groups is 2. The number of likely N-dealkylation sites (tertiary alicyclic amines) is 1. The quantitative estimate of drug-likeness (QED) is 0.390. The molecule has 1 saturated heterocycles. The second kappa shape index (κ2) is 9.92. The van der Waals surface area contributed by atoms with E-state index >= 15 is 0 Å². The number of nitrogens with two attached hydrogens (primary N) is 1. The van der Waals surface area contributed by atoms with E-state index < -0.39 is 17.3 Å². The number of hydrogen-bond acceptors (Lipinski definition) is 6. The minimum absolute atomic E-state index is 0.0361. The topological polar surface area (TPSA) is 122 Å². The van der Waals surface area contributed by atoms with E-state index in [0.29, 0.717) is 42.9 Å². The number of benzene rings is 2. The highest BCUT2D eigenvalue weighted by atomic mass is 35.5. The standard InChI is InChI=1S/C26H25Cl2FN6O3/c1-13(20-16(27)5-6-17(29)21(20)28)38-23-22(30)32-12-19(33-23)14-3-4-15-18(11-14)34-24(36)26(15)7-9-35(10-8-26)25(37)31-2/h3-6,11-13H,7-10H2,1-2H3,(H2,30,32)(H,31,37)(H,34,36)/t13-/m1/s1. The molecule has 3 heterocycles. The number of amides is 3. The first kappa shape index (κ1) is 26.0. The average Bonchev–Trinajstić information content (AvgIpc) is 3.17. The number of piperidine rings is 1. The Labute approximate surface area is 228 Å². The van der Waals surface area contributed by atoms with Gasteiger partial charge in [0, 0.05) is 42.0 Å². The first-order valence-corrected chi connectivity index (χ1v) is 12.8. The minimum Gasteiger partial charge on any atom is -0.467 e. The van der Waals surface area contributed by atoms with Gasteiger partial charge < -0.3 is 26.0 Å². The van der Waals surface area contributed by atoms with E-state index in [1.165, 1.54) is 18.3 Å². The molecule has 1 atom stereocenters. The van der Waals surface area contributed by atoms with Gasteiger partial charge in [0.05, 0.1) is 22.3 Å². The summed E-state index contributed by atoms with van der Waals surface area (Å²) in [5, 5.41) is 5.73. The van der Waals surface area contributed by atoms with Crippen molar-refractivity contribution in [1.82, 2.24) is 20.2 Å². The molecule has 0 saturated carbocycles. The van der Waals surface area contributed by atoms with E-state index in [-0.39, 0.29) is 39.2 Å². The lowest BCUT2D eigenvalue weighted by Gasteiger charge is -2.37. The zero-order valence-corrected chi connectivity index (χ0v) is 22.2. The molecule has 9 nitrogen and oxygen atoms in total. The van der Waals surface area contributed by atoms with Crippen molar-refractivity contribution in [2.24, 2.45) is 0 Å². The third-order valence-corrected chi connectivity index (χ3v) is 7.89. The SMILES string of the molecule is CNC(=O)N1CCC2(CC1)C(=O)Nc1cc(-c3cnc(N)c(O[C@H](C)c4c(Cl)ccc(F)c4Cl)n3)ccc12. The molecule has 1 spiro atoms. The van der Waals surface area contributed by atoms with Crippen LogP contribution in [0.5, 0.6) is 5.88 Å². The van der Waals surface area contributed by atoms with Crippen molar-refractivity contribution < 1.29 is 18.7 Å². The molecular weight excluding hydrogens is 534 g/mol. The van der Waals surface area contributed by atoms with Gasteiger partial charge in [-0.3, -0.25) is 4.79 Å². The Morgan fingerprint density at radius 1 is 1.26 bits per heavy atom. The average molecular weight is 559 g/mol. The lowest BCUT2D eigenvalue weighted by molar-refractivity contribution is -0.122. The number of aromatic nitrogens is 2. The normalized spacial score (nSPS) is 16.7. The van der Waals surface area contributed by atoms with Crippen LogP contribution in [0, 0.1) is 5.82 Å². The van der Waals surface area contributed by atoms with Crippen LogP contribution in [0.15, 0.2) is 36.5 Å². The number of anilines is 2. The summed E-state index contributed by atoms with van der Waals surface area (Å²) in [5.74, 6) is -0.618. The molecule has 0 radical (unpaired) electrons. The fourth-order valence-electron chi connectivity index (χ4n) is 5.08.